The van der Waals surface area contributed by atoms with Gasteiger partial charge < -0.3 is 4.74 Å². The summed E-state index contributed by atoms with van der Waals surface area (Å²) < 4.78 is 7.63. The summed E-state index contributed by atoms with van der Waals surface area (Å²) >= 11 is 0. The van der Waals surface area contributed by atoms with Gasteiger partial charge in [-0.15, -0.1) is 0 Å². The van der Waals surface area contributed by atoms with Crippen LogP contribution < -0.4 is 4.74 Å². The maximum atomic E-state index is 8.78. The van der Waals surface area contributed by atoms with Gasteiger partial charge in [0.1, 0.15) is 5.75 Å². The molecule has 3 rings (SSSR count). The van der Waals surface area contributed by atoms with Crippen LogP contribution in [-0.4, -0.2) is 34.4 Å². The minimum Gasteiger partial charge on any atom is -0.494 e. The van der Waals surface area contributed by atoms with Crippen molar-refractivity contribution in [2.24, 2.45) is 7.05 Å². The van der Waals surface area contributed by atoms with E-state index in [-0.39, 0.29) is 0 Å². The molecule has 1 aliphatic heterocycles. The minimum absolute atomic E-state index is 0.499. The second kappa shape index (κ2) is 7.30. The fourth-order valence-corrected chi connectivity index (χ4v) is 3.17. The van der Waals surface area contributed by atoms with Crippen molar-refractivity contribution in [1.29, 1.82) is 5.26 Å². The lowest BCUT2D eigenvalue weighted by Gasteiger charge is -2.23. The molecule has 120 valence electrons. The van der Waals surface area contributed by atoms with E-state index in [4.69, 9.17) is 10.00 Å². The van der Waals surface area contributed by atoms with E-state index >= 15 is 0 Å². The maximum absolute atomic E-state index is 8.78. The summed E-state index contributed by atoms with van der Waals surface area (Å²) in [6.07, 6.45) is 7.56. The minimum atomic E-state index is 0.499. The number of aromatic nitrogens is 2. The molecule has 5 nitrogen and oxygen atoms in total. The SMILES string of the molecule is Cn1cc([C@H]2CCCN2CCCOc2ccc(C#N)cc2)cn1. The largest absolute Gasteiger partial charge is 0.494 e. The van der Waals surface area contributed by atoms with Crippen LogP contribution in [-0.2, 0) is 7.05 Å². The van der Waals surface area contributed by atoms with Crippen molar-refractivity contribution in [3.05, 3.63) is 47.8 Å². The molecule has 5 heteroatoms. The van der Waals surface area contributed by atoms with Crippen molar-refractivity contribution in [2.45, 2.75) is 25.3 Å². The van der Waals surface area contributed by atoms with E-state index < -0.39 is 0 Å². The molecule has 1 fully saturated rings. The Morgan fingerprint density at radius 3 is 2.87 bits per heavy atom. The number of benzene rings is 1. The van der Waals surface area contributed by atoms with Crippen molar-refractivity contribution < 1.29 is 4.74 Å². The summed E-state index contributed by atoms with van der Waals surface area (Å²) in [7, 11) is 1.97. The van der Waals surface area contributed by atoms with E-state index in [2.05, 4.69) is 22.3 Å². The number of rotatable bonds is 6. The summed E-state index contributed by atoms with van der Waals surface area (Å²) in [5, 5.41) is 13.1. The standard InChI is InChI=1S/C18H22N4O/c1-21-14-16(13-20-21)18-4-2-9-22(18)10-3-11-23-17-7-5-15(12-19)6-8-17/h5-8,13-14,18H,2-4,9-11H2,1H3/t18-/m1/s1. The van der Waals surface area contributed by atoms with Crippen LogP contribution in [0.1, 0.15) is 36.4 Å². The molecule has 0 bridgehead atoms. The van der Waals surface area contributed by atoms with E-state index in [9.17, 15) is 0 Å². The third-order valence-corrected chi connectivity index (χ3v) is 4.32. The van der Waals surface area contributed by atoms with Crippen molar-refractivity contribution >= 4 is 0 Å². The first kappa shape index (κ1) is 15.6. The van der Waals surface area contributed by atoms with Gasteiger partial charge in [-0.2, -0.15) is 10.4 Å². The third-order valence-electron chi connectivity index (χ3n) is 4.32. The number of nitriles is 1. The Morgan fingerprint density at radius 2 is 2.17 bits per heavy atom. The molecule has 1 aromatic heterocycles. The molecule has 1 saturated heterocycles. The Bertz CT molecular complexity index is 671. The average Bonchev–Trinajstić information content (AvgIpc) is 3.20. The molecule has 23 heavy (non-hydrogen) atoms. The van der Waals surface area contributed by atoms with Crippen LogP contribution >= 0.6 is 0 Å². The molecular weight excluding hydrogens is 288 g/mol. The quantitative estimate of drug-likeness (QED) is 0.770. The van der Waals surface area contributed by atoms with E-state index in [1.54, 1.807) is 12.1 Å². The summed E-state index contributed by atoms with van der Waals surface area (Å²) in [4.78, 5) is 2.53. The van der Waals surface area contributed by atoms with Crippen molar-refractivity contribution in [3.63, 3.8) is 0 Å². The van der Waals surface area contributed by atoms with Gasteiger partial charge in [-0.05, 0) is 50.1 Å². The molecule has 1 aromatic carbocycles. The average molecular weight is 310 g/mol. The van der Waals surface area contributed by atoms with Crippen LogP contribution in [0.3, 0.4) is 0 Å². The molecule has 0 saturated carbocycles. The van der Waals surface area contributed by atoms with Crippen molar-refractivity contribution in [3.8, 4) is 11.8 Å². The summed E-state index contributed by atoms with van der Waals surface area (Å²) in [6.45, 7) is 2.88. The molecule has 1 aliphatic rings. The highest BCUT2D eigenvalue weighted by Gasteiger charge is 2.26. The van der Waals surface area contributed by atoms with Gasteiger partial charge in [0.2, 0.25) is 0 Å². The highest BCUT2D eigenvalue weighted by Crippen LogP contribution is 2.31. The molecule has 0 radical (unpaired) electrons. The van der Waals surface area contributed by atoms with Gasteiger partial charge in [0.15, 0.2) is 0 Å². The number of aryl methyl sites for hydroxylation is 1. The van der Waals surface area contributed by atoms with Gasteiger partial charge in [0.05, 0.1) is 24.4 Å². The molecular formula is C18H22N4O. The second-order valence-corrected chi connectivity index (χ2v) is 5.98. The Hall–Kier alpha value is -2.32. The van der Waals surface area contributed by atoms with Gasteiger partial charge in [0.25, 0.3) is 0 Å². The third kappa shape index (κ3) is 3.91. The highest BCUT2D eigenvalue weighted by molar-refractivity contribution is 5.34. The van der Waals surface area contributed by atoms with Crippen LogP contribution in [0.25, 0.3) is 0 Å². The zero-order chi connectivity index (χ0) is 16.1. The first-order valence-electron chi connectivity index (χ1n) is 8.12. The summed E-state index contributed by atoms with van der Waals surface area (Å²) in [6, 6.07) is 9.89. The molecule has 0 unspecified atom stereocenters. The predicted molar refractivity (Wildman–Crippen MR) is 88.0 cm³/mol. The van der Waals surface area contributed by atoms with Crippen molar-refractivity contribution in [1.82, 2.24) is 14.7 Å². The van der Waals surface area contributed by atoms with E-state index in [1.807, 2.05) is 30.1 Å². The van der Waals surface area contributed by atoms with Gasteiger partial charge >= 0.3 is 0 Å². The predicted octanol–water partition coefficient (Wildman–Crippen LogP) is 2.90. The zero-order valence-electron chi connectivity index (χ0n) is 13.5. The van der Waals surface area contributed by atoms with Gasteiger partial charge in [0, 0.05) is 31.4 Å². The van der Waals surface area contributed by atoms with Gasteiger partial charge in [-0.3, -0.25) is 9.58 Å². The highest BCUT2D eigenvalue weighted by atomic mass is 16.5. The van der Waals surface area contributed by atoms with E-state index in [1.165, 1.54) is 18.4 Å². The molecule has 0 spiro atoms. The number of ether oxygens (including phenoxy) is 1. The lowest BCUT2D eigenvalue weighted by atomic mass is 10.1. The number of nitrogens with zero attached hydrogens (tertiary/aromatic N) is 4. The van der Waals surface area contributed by atoms with Gasteiger partial charge in [-0.1, -0.05) is 0 Å². The number of likely N-dealkylation sites (tertiary alicyclic amines) is 1. The van der Waals surface area contributed by atoms with Crippen LogP contribution in [0, 0.1) is 11.3 Å². The Morgan fingerprint density at radius 1 is 1.35 bits per heavy atom. The molecule has 0 amide bonds. The lowest BCUT2D eigenvalue weighted by molar-refractivity contribution is 0.222. The zero-order valence-corrected chi connectivity index (χ0v) is 13.5. The molecule has 1 atom stereocenters. The first-order chi connectivity index (χ1) is 11.3. The van der Waals surface area contributed by atoms with Gasteiger partial charge in [-0.25, -0.2) is 0 Å². The normalized spacial score (nSPS) is 18.0. The van der Waals surface area contributed by atoms with Crippen LogP contribution in [0.4, 0.5) is 0 Å². The van der Waals surface area contributed by atoms with Crippen molar-refractivity contribution in [2.75, 3.05) is 19.7 Å². The molecule has 2 aromatic rings. The fraction of sp³-hybridized carbons (Fsp3) is 0.444. The molecule has 0 aliphatic carbocycles. The molecule has 0 N–H and O–H groups in total. The summed E-state index contributed by atoms with van der Waals surface area (Å²) in [5.41, 5.74) is 1.98. The Labute approximate surface area is 137 Å². The monoisotopic (exact) mass is 310 g/mol. The fourth-order valence-electron chi connectivity index (χ4n) is 3.17. The molecule has 2 heterocycles. The maximum Gasteiger partial charge on any atom is 0.119 e. The van der Waals surface area contributed by atoms with Crippen LogP contribution in [0.2, 0.25) is 0 Å². The van der Waals surface area contributed by atoms with E-state index in [0.29, 0.717) is 18.2 Å². The lowest BCUT2D eigenvalue weighted by Crippen LogP contribution is -2.25. The van der Waals surface area contributed by atoms with Crippen LogP contribution in [0.5, 0.6) is 5.75 Å². The Balaban J connectivity index is 1.45. The topological polar surface area (TPSA) is 54.1 Å². The van der Waals surface area contributed by atoms with E-state index in [0.717, 1.165) is 25.3 Å². The first-order valence-corrected chi connectivity index (χ1v) is 8.12. The smallest absolute Gasteiger partial charge is 0.119 e. The summed E-state index contributed by atoms with van der Waals surface area (Å²) in [5.74, 6) is 0.828. The number of hydrogen-bond donors (Lipinski definition) is 0. The Kier molecular flexibility index (Phi) is 4.94. The van der Waals surface area contributed by atoms with Crippen LogP contribution in [0.15, 0.2) is 36.7 Å². The number of hydrogen-bond acceptors (Lipinski definition) is 4. The second-order valence-electron chi connectivity index (χ2n) is 5.98.